The molecule has 5 heteroatoms. The third-order valence-electron chi connectivity index (χ3n) is 4.35. The summed E-state index contributed by atoms with van der Waals surface area (Å²) in [6.07, 6.45) is 0. The highest BCUT2D eigenvalue weighted by Crippen LogP contribution is 2.23. The summed E-state index contributed by atoms with van der Waals surface area (Å²) < 4.78 is 16.1. The molecule has 0 fully saturated rings. The molecule has 5 nitrogen and oxygen atoms in total. The van der Waals surface area contributed by atoms with Crippen molar-refractivity contribution in [3.63, 3.8) is 0 Å². The summed E-state index contributed by atoms with van der Waals surface area (Å²) in [6.45, 7) is 5.54. The van der Waals surface area contributed by atoms with E-state index in [1.54, 1.807) is 6.07 Å². The van der Waals surface area contributed by atoms with Crippen LogP contribution in [0, 0.1) is 20.8 Å². The monoisotopic (exact) mass is 352 g/mol. The lowest BCUT2D eigenvalue weighted by atomic mass is 10.0. The number of ether oxygens (including phenoxy) is 2. The quantitative estimate of drug-likeness (QED) is 0.516. The van der Waals surface area contributed by atoms with Crippen LogP contribution >= 0.6 is 0 Å². The van der Waals surface area contributed by atoms with Crippen molar-refractivity contribution in [3.05, 3.63) is 75.1 Å². The van der Waals surface area contributed by atoms with Crippen molar-refractivity contribution in [1.82, 2.24) is 0 Å². The lowest BCUT2D eigenvalue weighted by molar-refractivity contribution is -0.147. The van der Waals surface area contributed by atoms with Gasteiger partial charge in [0.25, 0.3) is 0 Å². The van der Waals surface area contributed by atoms with Crippen LogP contribution in [0.5, 0.6) is 5.75 Å². The molecular formula is C21H20O5. The summed E-state index contributed by atoms with van der Waals surface area (Å²) in [4.78, 5) is 23.8. The van der Waals surface area contributed by atoms with Gasteiger partial charge < -0.3 is 13.9 Å². The molecule has 1 aromatic heterocycles. The van der Waals surface area contributed by atoms with Gasteiger partial charge in [0.1, 0.15) is 17.9 Å². The SMILES string of the molecule is Cc1ccccc1OCC(=O)OCc1cc(=O)oc2c(C)c(C)ccc12. The number of carbonyl (C=O) groups is 1. The molecule has 1 heterocycles. The average Bonchev–Trinajstić information content (AvgIpc) is 2.62. The second-order valence-corrected chi connectivity index (χ2v) is 6.19. The Kier molecular flexibility index (Phi) is 5.07. The zero-order valence-corrected chi connectivity index (χ0v) is 15.0. The standard InChI is InChI=1S/C21H20O5/c1-13-8-9-17-16(10-19(22)26-21(17)15(13)3)11-25-20(23)12-24-18-7-5-4-6-14(18)2/h4-10H,11-12H2,1-3H3. The molecule has 26 heavy (non-hydrogen) atoms. The lowest BCUT2D eigenvalue weighted by Crippen LogP contribution is -2.15. The molecule has 0 radical (unpaired) electrons. The molecular weight excluding hydrogens is 332 g/mol. The predicted octanol–water partition coefficient (Wildman–Crippen LogP) is 3.84. The van der Waals surface area contributed by atoms with Crippen LogP contribution in [0.4, 0.5) is 0 Å². The van der Waals surface area contributed by atoms with Gasteiger partial charge in [-0.2, -0.15) is 0 Å². The number of benzene rings is 2. The number of rotatable bonds is 5. The van der Waals surface area contributed by atoms with Gasteiger partial charge in [-0.1, -0.05) is 30.3 Å². The Morgan fingerprint density at radius 2 is 1.81 bits per heavy atom. The Labute approximate surface area is 151 Å². The van der Waals surface area contributed by atoms with Gasteiger partial charge in [-0.25, -0.2) is 9.59 Å². The number of esters is 1. The lowest BCUT2D eigenvalue weighted by Gasteiger charge is -2.11. The maximum Gasteiger partial charge on any atom is 0.344 e. The van der Waals surface area contributed by atoms with Crippen LogP contribution in [0.3, 0.4) is 0 Å². The topological polar surface area (TPSA) is 65.7 Å². The minimum Gasteiger partial charge on any atom is -0.482 e. The van der Waals surface area contributed by atoms with Gasteiger partial charge in [-0.3, -0.25) is 0 Å². The summed E-state index contributed by atoms with van der Waals surface area (Å²) in [7, 11) is 0. The van der Waals surface area contributed by atoms with Crippen molar-refractivity contribution >= 4 is 16.9 Å². The van der Waals surface area contributed by atoms with Gasteiger partial charge in [0, 0.05) is 17.0 Å². The number of carbonyl (C=O) groups excluding carboxylic acids is 1. The van der Waals surface area contributed by atoms with E-state index in [1.165, 1.54) is 6.07 Å². The van der Waals surface area contributed by atoms with Crippen LogP contribution in [0.2, 0.25) is 0 Å². The number of para-hydroxylation sites is 1. The summed E-state index contributed by atoms with van der Waals surface area (Å²) in [5.74, 6) is 0.139. The van der Waals surface area contributed by atoms with Crippen molar-refractivity contribution in [3.8, 4) is 5.75 Å². The largest absolute Gasteiger partial charge is 0.482 e. The molecule has 0 unspecified atom stereocenters. The van der Waals surface area contributed by atoms with Gasteiger partial charge in [0.05, 0.1) is 0 Å². The van der Waals surface area contributed by atoms with Gasteiger partial charge in [-0.15, -0.1) is 0 Å². The Hall–Kier alpha value is -3.08. The van der Waals surface area contributed by atoms with Crippen molar-refractivity contribution in [2.75, 3.05) is 6.61 Å². The van der Waals surface area contributed by atoms with Crippen molar-refractivity contribution in [2.45, 2.75) is 27.4 Å². The first-order valence-electron chi connectivity index (χ1n) is 8.32. The smallest absolute Gasteiger partial charge is 0.344 e. The van der Waals surface area contributed by atoms with Crippen molar-refractivity contribution in [1.29, 1.82) is 0 Å². The summed E-state index contributed by atoms with van der Waals surface area (Å²) >= 11 is 0. The Balaban J connectivity index is 1.71. The van der Waals surface area contributed by atoms with E-state index < -0.39 is 11.6 Å². The fraction of sp³-hybridized carbons (Fsp3) is 0.238. The summed E-state index contributed by atoms with van der Waals surface area (Å²) in [5.41, 5.74) is 3.55. The molecule has 0 spiro atoms. The zero-order chi connectivity index (χ0) is 18.7. The van der Waals surface area contributed by atoms with Gasteiger partial charge in [-0.05, 0) is 43.5 Å². The first kappa shape index (κ1) is 17.7. The molecule has 0 saturated heterocycles. The van der Waals surface area contributed by atoms with Gasteiger partial charge in [0.15, 0.2) is 6.61 Å². The van der Waals surface area contributed by atoms with Gasteiger partial charge in [0.2, 0.25) is 0 Å². The van der Waals surface area contributed by atoms with E-state index in [4.69, 9.17) is 13.9 Å². The van der Waals surface area contributed by atoms with E-state index in [0.717, 1.165) is 22.1 Å². The number of aryl methyl sites for hydroxylation is 3. The Morgan fingerprint density at radius 3 is 2.58 bits per heavy atom. The molecule has 0 atom stereocenters. The number of hydrogen-bond donors (Lipinski definition) is 0. The highest BCUT2D eigenvalue weighted by Gasteiger charge is 2.12. The Bertz CT molecular complexity index is 1020. The second kappa shape index (κ2) is 7.44. The van der Waals surface area contributed by atoms with Crippen LogP contribution in [-0.2, 0) is 16.1 Å². The fourth-order valence-corrected chi connectivity index (χ4v) is 2.70. The minimum absolute atomic E-state index is 0.0133. The molecule has 0 aliphatic rings. The summed E-state index contributed by atoms with van der Waals surface area (Å²) in [6, 6.07) is 12.6. The van der Waals surface area contributed by atoms with Crippen LogP contribution < -0.4 is 10.4 Å². The van der Waals surface area contributed by atoms with Crippen molar-refractivity contribution < 1.29 is 18.7 Å². The highest BCUT2D eigenvalue weighted by atomic mass is 16.6. The first-order chi connectivity index (χ1) is 12.5. The maximum atomic E-state index is 12.0. The summed E-state index contributed by atoms with van der Waals surface area (Å²) in [5, 5.41) is 0.764. The van der Waals surface area contributed by atoms with E-state index in [9.17, 15) is 9.59 Å². The first-order valence-corrected chi connectivity index (χ1v) is 8.32. The molecule has 3 rings (SSSR count). The van der Waals surface area contributed by atoms with Crippen LogP contribution in [0.15, 0.2) is 51.7 Å². The molecule has 3 aromatic rings. The van der Waals surface area contributed by atoms with E-state index in [2.05, 4.69) is 0 Å². The molecule has 134 valence electrons. The average molecular weight is 352 g/mol. The van der Waals surface area contributed by atoms with E-state index in [1.807, 2.05) is 51.1 Å². The molecule has 2 aromatic carbocycles. The predicted molar refractivity (Wildman–Crippen MR) is 98.4 cm³/mol. The molecule has 0 bridgehead atoms. The molecule has 0 amide bonds. The van der Waals surface area contributed by atoms with Gasteiger partial charge >= 0.3 is 11.6 Å². The molecule has 0 aliphatic heterocycles. The highest BCUT2D eigenvalue weighted by molar-refractivity contribution is 5.84. The fourth-order valence-electron chi connectivity index (χ4n) is 2.70. The normalized spacial score (nSPS) is 10.7. The van der Waals surface area contributed by atoms with Crippen molar-refractivity contribution in [2.24, 2.45) is 0 Å². The zero-order valence-electron chi connectivity index (χ0n) is 15.0. The maximum absolute atomic E-state index is 12.0. The molecule has 0 N–H and O–H groups in total. The van der Waals surface area contributed by atoms with E-state index in [-0.39, 0.29) is 13.2 Å². The van der Waals surface area contributed by atoms with E-state index in [0.29, 0.717) is 16.9 Å². The molecule has 0 saturated carbocycles. The second-order valence-electron chi connectivity index (χ2n) is 6.19. The molecule has 0 aliphatic carbocycles. The minimum atomic E-state index is -0.501. The van der Waals surface area contributed by atoms with Crippen LogP contribution in [0.1, 0.15) is 22.3 Å². The third-order valence-corrected chi connectivity index (χ3v) is 4.35. The third kappa shape index (κ3) is 3.77. The number of fused-ring (bicyclic) bond motifs is 1. The Morgan fingerprint density at radius 1 is 1.04 bits per heavy atom. The van der Waals surface area contributed by atoms with E-state index >= 15 is 0 Å². The van der Waals surface area contributed by atoms with Crippen LogP contribution in [-0.4, -0.2) is 12.6 Å². The number of hydrogen-bond acceptors (Lipinski definition) is 5. The van der Waals surface area contributed by atoms with Crippen LogP contribution in [0.25, 0.3) is 11.0 Å².